The van der Waals surface area contributed by atoms with E-state index in [-0.39, 0.29) is 24.1 Å². The number of aryl methyl sites for hydroxylation is 1. The van der Waals surface area contributed by atoms with Crippen LogP contribution in [0.4, 0.5) is 30.6 Å². The minimum atomic E-state index is -1.49. The van der Waals surface area contributed by atoms with Gasteiger partial charge in [0.25, 0.3) is 0 Å². The summed E-state index contributed by atoms with van der Waals surface area (Å²) in [6.07, 6.45) is 5.07. The number of fused-ring (bicyclic) bond motifs is 3. The Labute approximate surface area is 181 Å². The summed E-state index contributed by atoms with van der Waals surface area (Å²) in [6, 6.07) is 1.71. The number of benzene rings is 1. The first-order valence-corrected chi connectivity index (χ1v) is 10.2. The predicted octanol–water partition coefficient (Wildman–Crippen LogP) is 2.98. The minimum Gasteiger partial charge on any atom is -0.350 e. The molecule has 11 heteroatoms. The van der Waals surface area contributed by atoms with E-state index in [1.165, 1.54) is 4.68 Å². The number of amides is 1. The molecule has 1 atom stereocenters. The standard InChI is InChI=1S/C21H20F3N7O/c1-11-18-19(31-4-2-3-16(31)20(32)28-18)29-21(27-11)25-7-13-8-26-30(10-13)9-12-5-14(22)17(24)15(23)6-12/h5-6,8,10,16H,2-4,7,9H2,1H3,(H,28,32)(H,25,27,29)/t16-/m0/s1. The summed E-state index contributed by atoms with van der Waals surface area (Å²) in [5.41, 5.74) is 2.39. The van der Waals surface area contributed by atoms with Gasteiger partial charge in [0.05, 0.1) is 18.4 Å². The molecule has 166 valence electrons. The van der Waals surface area contributed by atoms with Gasteiger partial charge < -0.3 is 15.5 Å². The van der Waals surface area contributed by atoms with Gasteiger partial charge in [-0.3, -0.25) is 9.48 Å². The molecular formula is C21H20F3N7O. The molecule has 1 amide bonds. The van der Waals surface area contributed by atoms with Gasteiger partial charge >= 0.3 is 0 Å². The van der Waals surface area contributed by atoms with Gasteiger partial charge in [-0.05, 0) is 37.5 Å². The number of carbonyl (C=O) groups excluding carboxylic acids is 1. The molecule has 32 heavy (non-hydrogen) atoms. The monoisotopic (exact) mass is 443 g/mol. The summed E-state index contributed by atoms with van der Waals surface area (Å²) >= 11 is 0. The van der Waals surface area contributed by atoms with Crippen molar-refractivity contribution in [1.29, 1.82) is 0 Å². The number of aromatic nitrogens is 4. The molecule has 0 spiro atoms. The molecule has 3 aromatic rings. The fourth-order valence-corrected chi connectivity index (χ4v) is 4.14. The molecule has 0 unspecified atom stereocenters. The Morgan fingerprint density at radius 2 is 1.97 bits per heavy atom. The van der Waals surface area contributed by atoms with Crippen molar-refractivity contribution in [2.75, 3.05) is 22.1 Å². The highest BCUT2D eigenvalue weighted by Crippen LogP contribution is 2.37. The number of rotatable bonds is 5. The van der Waals surface area contributed by atoms with Gasteiger partial charge in [-0.1, -0.05) is 0 Å². The smallest absolute Gasteiger partial charge is 0.247 e. The molecule has 8 nitrogen and oxygen atoms in total. The van der Waals surface area contributed by atoms with Crippen molar-refractivity contribution in [3.8, 4) is 0 Å². The van der Waals surface area contributed by atoms with E-state index in [9.17, 15) is 18.0 Å². The van der Waals surface area contributed by atoms with E-state index >= 15 is 0 Å². The van der Waals surface area contributed by atoms with Gasteiger partial charge in [0.2, 0.25) is 11.9 Å². The number of nitrogens with zero attached hydrogens (tertiary/aromatic N) is 5. The minimum absolute atomic E-state index is 0.0178. The van der Waals surface area contributed by atoms with Gasteiger partial charge in [-0.25, -0.2) is 18.2 Å². The maximum Gasteiger partial charge on any atom is 0.247 e. The van der Waals surface area contributed by atoms with E-state index < -0.39 is 17.5 Å². The van der Waals surface area contributed by atoms with Crippen molar-refractivity contribution in [1.82, 2.24) is 19.7 Å². The zero-order chi connectivity index (χ0) is 22.4. The summed E-state index contributed by atoms with van der Waals surface area (Å²) in [6.45, 7) is 3.07. The molecule has 5 rings (SSSR count). The normalized spacial score (nSPS) is 17.2. The van der Waals surface area contributed by atoms with Crippen LogP contribution in [0.1, 0.15) is 29.7 Å². The molecule has 0 saturated carbocycles. The fraction of sp³-hybridized carbons (Fsp3) is 0.333. The summed E-state index contributed by atoms with van der Waals surface area (Å²) in [5.74, 6) is -2.82. The molecule has 1 saturated heterocycles. The number of anilines is 3. The number of carbonyl (C=O) groups is 1. The second-order valence-electron chi connectivity index (χ2n) is 7.95. The second kappa shape index (κ2) is 7.81. The van der Waals surface area contributed by atoms with E-state index in [1.54, 1.807) is 12.4 Å². The average molecular weight is 443 g/mol. The van der Waals surface area contributed by atoms with Crippen LogP contribution in [0.15, 0.2) is 24.5 Å². The predicted molar refractivity (Wildman–Crippen MR) is 111 cm³/mol. The Morgan fingerprint density at radius 3 is 2.75 bits per heavy atom. The Morgan fingerprint density at radius 1 is 1.19 bits per heavy atom. The fourth-order valence-electron chi connectivity index (χ4n) is 4.14. The van der Waals surface area contributed by atoms with Crippen molar-refractivity contribution in [3.63, 3.8) is 0 Å². The molecule has 2 N–H and O–H groups in total. The van der Waals surface area contributed by atoms with Crippen molar-refractivity contribution in [2.45, 2.75) is 38.9 Å². The van der Waals surface area contributed by atoms with E-state index in [2.05, 4.69) is 25.7 Å². The molecule has 0 radical (unpaired) electrons. The Hall–Kier alpha value is -3.63. The lowest BCUT2D eigenvalue weighted by Gasteiger charge is -2.32. The molecule has 2 aliphatic rings. The second-order valence-corrected chi connectivity index (χ2v) is 7.95. The van der Waals surface area contributed by atoms with Crippen molar-refractivity contribution >= 4 is 23.4 Å². The summed E-state index contributed by atoms with van der Waals surface area (Å²) in [7, 11) is 0. The molecule has 1 fully saturated rings. The van der Waals surface area contributed by atoms with Crippen LogP contribution in [0.2, 0.25) is 0 Å². The largest absolute Gasteiger partial charge is 0.350 e. The lowest BCUT2D eigenvalue weighted by atomic mass is 10.1. The molecular weight excluding hydrogens is 423 g/mol. The molecule has 4 heterocycles. The SMILES string of the molecule is Cc1nc(NCc2cnn(Cc3cc(F)c(F)c(F)c3)c2)nc2c1NC(=O)[C@@H]1CCCN21. The van der Waals surface area contributed by atoms with Crippen LogP contribution in [0, 0.1) is 24.4 Å². The van der Waals surface area contributed by atoms with Gasteiger partial charge in [0.15, 0.2) is 23.3 Å². The summed E-state index contributed by atoms with van der Waals surface area (Å²) in [5, 5.41) is 10.3. The lowest BCUT2D eigenvalue weighted by molar-refractivity contribution is -0.117. The zero-order valence-electron chi connectivity index (χ0n) is 17.2. The molecule has 0 bridgehead atoms. The van der Waals surface area contributed by atoms with Crippen LogP contribution in [-0.2, 0) is 17.9 Å². The van der Waals surface area contributed by atoms with Crippen molar-refractivity contribution < 1.29 is 18.0 Å². The van der Waals surface area contributed by atoms with E-state index in [1.807, 2.05) is 11.8 Å². The Balaban J connectivity index is 1.29. The third-order valence-electron chi connectivity index (χ3n) is 5.67. The third-order valence-corrected chi connectivity index (χ3v) is 5.67. The number of hydrogen-bond donors (Lipinski definition) is 2. The van der Waals surface area contributed by atoms with Crippen LogP contribution >= 0.6 is 0 Å². The van der Waals surface area contributed by atoms with Gasteiger partial charge in [0, 0.05) is 24.8 Å². The summed E-state index contributed by atoms with van der Waals surface area (Å²) < 4.78 is 41.5. The Kier molecular flexibility index (Phi) is 4.95. The topological polar surface area (TPSA) is 88.0 Å². The molecule has 2 aliphatic heterocycles. The van der Waals surface area contributed by atoms with Crippen LogP contribution in [0.5, 0.6) is 0 Å². The molecule has 2 aromatic heterocycles. The van der Waals surface area contributed by atoms with Crippen LogP contribution in [0.3, 0.4) is 0 Å². The first-order chi connectivity index (χ1) is 15.4. The molecule has 1 aromatic carbocycles. The molecule has 0 aliphatic carbocycles. The number of nitrogens with one attached hydrogen (secondary N) is 2. The maximum atomic E-state index is 13.4. The average Bonchev–Trinajstić information content (AvgIpc) is 3.42. The first-order valence-electron chi connectivity index (χ1n) is 10.2. The van der Waals surface area contributed by atoms with Gasteiger partial charge in [0.1, 0.15) is 11.7 Å². The number of halogens is 3. The van der Waals surface area contributed by atoms with E-state index in [0.717, 1.165) is 42.9 Å². The first kappa shape index (κ1) is 20.3. The Bertz CT molecular complexity index is 1190. The van der Waals surface area contributed by atoms with E-state index in [0.29, 0.717) is 23.9 Å². The van der Waals surface area contributed by atoms with E-state index in [4.69, 9.17) is 0 Å². The van der Waals surface area contributed by atoms with Crippen LogP contribution < -0.4 is 15.5 Å². The van der Waals surface area contributed by atoms with Crippen molar-refractivity contribution in [2.24, 2.45) is 0 Å². The summed E-state index contributed by atoms with van der Waals surface area (Å²) in [4.78, 5) is 23.4. The van der Waals surface area contributed by atoms with Gasteiger partial charge in [-0.15, -0.1) is 0 Å². The maximum absolute atomic E-state index is 13.4. The quantitative estimate of drug-likeness (QED) is 0.590. The van der Waals surface area contributed by atoms with Crippen LogP contribution in [-0.4, -0.2) is 38.2 Å². The lowest BCUT2D eigenvalue weighted by Crippen LogP contribution is -2.44. The highest BCUT2D eigenvalue weighted by Gasteiger charge is 2.38. The zero-order valence-corrected chi connectivity index (χ0v) is 17.2. The highest BCUT2D eigenvalue weighted by atomic mass is 19.2. The highest BCUT2D eigenvalue weighted by molar-refractivity contribution is 6.03. The van der Waals surface area contributed by atoms with Gasteiger partial charge in [-0.2, -0.15) is 10.1 Å². The third kappa shape index (κ3) is 3.63. The van der Waals surface area contributed by atoms with Crippen LogP contribution in [0.25, 0.3) is 0 Å². The number of hydrogen-bond acceptors (Lipinski definition) is 6. The van der Waals surface area contributed by atoms with Crippen molar-refractivity contribution in [3.05, 3.63) is 58.8 Å².